The van der Waals surface area contributed by atoms with Gasteiger partial charge in [0.1, 0.15) is 18.5 Å². The van der Waals surface area contributed by atoms with Crippen LogP contribution >= 0.6 is 0 Å². The number of ether oxygens (including phenoxy) is 1. The molecule has 6 rings (SSSR count). The molecule has 0 radical (unpaired) electrons. The maximum absolute atomic E-state index is 13.7. The fourth-order valence-corrected chi connectivity index (χ4v) is 6.40. The highest BCUT2D eigenvalue weighted by Gasteiger charge is 2.47. The average molecular weight is 543 g/mol. The first kappa shape index (κ1) is 26.6. The van der Waals surface area contributed by atoms with Crippen LogP contribution in [0, 0.1) is 19.3 Å². The minimum Gasteiger partial charge on any atom is -0.455 e. The van der Waals surface area contributed by atoms with Crippen LogP contribution < -0.4 is 9.30 Å². The van der Waals surface area contributed by atoms with Crippen LogP contribution in [0.15, 0.2) is 54.7 Å². The number of pyridine rings is 1. The Balaban J connectivity index is 1.68. The molecule has 0 unspecified atom stereocenters. The summed E-state index contributed by atoms with van der Waals surface area (Å²) in [6, 6.07) is 16.4. The fourth-order valence-electron chi connectivity index (χ4n) is 6.40. The van der Waals surface area contributed by atoms with Gasteiger partial charge < -0.3 is 4.74 Å². The van der Waals surface area contributed by atoms with Crippen molar-refractivity contribution < 1.29 is 22.5 Å². The smallest absolute Gasteiger partial charge is 0.394 e. The van der Waals surface area contributed by atoms with Gasteiger partial charge in [-0.2, -0.15) is 13.2 Å². The van der Waals surface area contributed by atoms with Gasteiger partial charge in [0.05, 0.1) is 16.4 Å². The molecule has 1 aromatic heterocycles. The number of hydrogen-bond donors (Lipinski definition) is 0. The van der Waals surface area contributed by atoms with E-state index >= 15 is 0 Å². The van der Waals surface area contributed by atoms with Gasteiger partial charge in [-0.25, -0.2) is 4.57 Å². The predicted molar refractivity (Wildman–Crippen MR) is 157 cm³/mol. The van der Waals surface area contributed by atoms with E-state index in [-0.39, 0.29) is 11.8 Å². The van der Waals surface area contributed by atoms with Crippen LogP contribution in [0.3, 0.4) is 0 Å². The molecule has 0 bridgehead atoms. The zero-order chi connectivity index (χ0) is 28.9. The van der Waals surface area contributed by atoms with E-state index in [1.54, 1.807) is 0 Å². The van der Waals surface area contributed by atoms with E-state index in [1.807, 2.05) is 24.3 Å². The molecular formula is C35H35F3NO+. The summed E-state index contributed by atoms with van der Waals surface area (Å²) in [6.07, 6.45) is -2.29. The van der Waals surface area contributed by atoms with Crippen LogP contribution in [0.2, 0.25) is 0 Å². The predicted octanol–water partition coefficient (Wildman–Crippen LogP) is 9.79. The highest BCUT2D eigenvalue weighted by molar-refractivity contribution is 6.16. The van der Waals surface area contributed by atoms with Gasteiger partial charge in [-0.05, 0) is 64.4 Å². The van der Waals surface area contributed by atoms with Crippen molar-refractivity contribution in [3.8, 4) is 22.8 Å². The zero-order valence-corrected chi connectivity index (χ0v) is 24.4. The quantitative estimate of drug-likeness (QED) is 0.157. The molecule has 0 aliphatic carbocycles. The molecule has 5 aromatic rings. The zero-order valence-electron chi connectivity index (χ0n) is 24.4. The molecule has 40 heavy (non-hydrogen) atoms. The molecule has 0 amide bonds. The molecule has 0 saturated heterocycles. The standard InChI is InChI=1S/C35H35F3NO/c1-19-9-11-25-26(15-19)20(2)28-31-29-24(13-14-39(31)8)23-12-10-21(18-34(6,7)35(36,37)38)16-22(23)17-27(29)40-32(28)30(25)33(3,4)5/h9-17H,18H2,1-8H3/q+1. The maximum Gasteiger partial charge on any atom is 0.394 e. The number of alkyl halides is 3. The largest absolute Gasteiger partial charge is 0.455 e. The summed E-state index contributed by atoms with van der Waals surface area (Å²) in [5, 5.41) is 6.37. The summed E-state index contributed by atoms with van der Waals surface area (Å²) in [5.74, 6) is 1.61. The van der Waals surface area contributed by atoms with E-state index in [4.69, 9.17) is 4.74 Å². The number of nitrogens with zero attached hydrogens (tertiary/aromatic N) is 1. The molecular weight excluding hydrogens is 507 g/mol. The first-order valence-corrected chi connectivity index (χ1v) is 13.8. The van der Waals surface area contributed by atoms with Crippen molar-refractivity contribution >= 4 is 32.3 Å². The third-order valence-corrected chi connectivity index (χ3v) is 8.55. The molecule has 0 saturated carbocycles. The molecule has 0 spiro atoms. The van der Waals surface area contributed by atoms with Crippen LogP contribution in [0.25, 0.3) is 43.6 Å². The summed E-state index contributed by atoms with van der Waals surface area (Å²) >= 11 is 0. The Morgan fingerprint density at radius 2 is 1.50 bits per heavy atom. The lowest BCUT2D eigenvalue weighted by atomic mass is 9.78. The first-order chi connectivity index (χ1) is 18.6. The summed E-state index contributed by atoms with van der Waals surface area (Å²) in [4.78, 5) is 0. The molecule has 2 nitrogen and oxygen atoms in total. The van der Waals surface area contributed by atoms with Crippen LogP contribution in [-0.4, -0.2) is 6.18 Å². The highest BCUT2D eigenvalue weighted by atomic mass is 19.4. The lowest BCUT2D eigenvalue weighted by molar-refractivity contribution is -0.659. The number of fused-ring (bicyclic) bond motifs is 5. The van der Waals surface area contributed by atoms with Crippen molar-refractivity contribution in [2.75, 3.05) is 0 Å². The monoisotopic (exact) mass is 542 g/mol. The van der Waals surface area contributed by atoms with E-state index in [1.165, 1.54) is 35.7 Å². The minimum absolute atomic E-state index is 0.0860. The van der Waals surface area contributed by atoms with Gasteiger partial charge in [-0.3, -0.25) is 0 Å². The summed E-state index contributed by atoms with van der Waals surface area (Å²) < 4.78 is 50.1. The van der Waals surface area contributed by atoms with E-state index in [2.05, 4.69) is 76.7 Å². The van der Waals surface area contributed by atoms with Crippen molar-refractivity contribution in [1.82, 2.24) is 0 Å². The molecule has 0 N–H and O–H groups in total. The minimum atomic E-state index is -4.28. The second-order valence-electron chi connectivity index (χ2n) is 13.2. The highest BCUT2D eigenvalue weighted by Crippen LogP contribution is 2.54. The van der Waals surface area contributed by atoms with Gasteiger partial charge in [0.25, 0.3) is 0 Å². The fraction of sp³-hybridized carbons (Fsp3) is 0.343. The molecule has 206 valence electrons. The average Bonchev–Trinajstić information content (AvgIpc) is 2.84. The molecule has 2 heterocycles. The van der Waals surface area contributed by atoms with Crippen molar-refractivity contribution in [2.45, 2.75) is 66.5 Å². The van der Waals surface area contributed by atoms with E-state index in [0.717, 1.165) is 49.9 Å². The Bertz CT molecular complexity index is 1870. The normalized spacial score (nSPS) is 13.7. The van der Waals surface area contributed by atoms with Crippen LogP contribution in [0.4, 0.5) is 13.2 Å². The van der Waals surface area contributed by atoms with Gasteiger partial charge >= 0.3 is 6.18 Å². The van der Waals surface area contributed by atoms with Crippen molar-refractivity contribution in [2.24, 2.45) is 12.5 Å². The maximum atomic E-state index is 13.7. The number of aryl methyl sites for hydroxylation is 3. The van der Waals surface area contributed by atoms with E-state index < -0.39 is 11.6 Å². The Kier molecular flexibility index (Phi) is 5.62. The Labute approximate surface area is 233 Å². The van der Waals surface area contributed by atoms with Gasteiger partial charge in [0, 0.05) is 17.0 Å². The number of hydrogen-bond acceptors (Lipinski definition) is 1. The van der Waals surface area contributed by atoms with Gasteiger partial charge in [-0.1, -0.05) is 76.6 Å². The third-order valence-electron chi connectivity index (χ3n) is 8.55. The van der Waals surface area contributed by atoms with Gasteiger partial charge in [0.2, 0.25) is 5.69 Å². The molecule has 0 atom stereocenters. The Morgan fingerprint density at radius 1 is 0.800 bits per heavy atom. The number of halogens is 3. The molecule has 4 aromatic carbocycles. The van der Waals surface area contributed by atoms with Gasteiger partial charge in [-0.15, -0.1) is 0 Å². The van der Waals surface area contributed by atoms with E-state index in [9.17, 15) is 13.2 Å². The van der Waals surface area contributed by atoms with E-state index in [0.29, 0.717) is 5.56 Å². The first-order valence-electron chi connectivity index (χ1n) is 13.8. The summed E-state index contributed by atoms with van der Waals surface area (Å²) in [5.41, 5.74) is 4.41. The molecule has 1 aliphatic rings. The SMILES string of the molecule is Cc1ccc2c(C(C)(C)C)c3c(c(C)c2c1)-c1c2c(cc4cc(CC(C)(C)C(F)(F)F)ccc4c2cc[n+]1C)O3. The van der Waals surface area contributed by atoms with Crippen molar-refractivity contribution in [3.63, 3.8) is 0 Å². The summed E-state index contributed by atoms with van der Waals surface area (Å²) in [6.45, 7) is 13.5. The number of rotatable bonds is 2. The second-order valence-corrected chi connectivity index (χ2v) is 13.2. The number of aromatic nitrogens is 1. The van der Waals surface area contributed by atoms with Gasteiger partial charge in [0.15, 0.2) is 6.20 Å². The van der Waals surface area contributed by atoms with Crippen LogP contribution in [-0.2, 0) is 18.9 Å². The lowest BCUT2D eigenvalue weighted by Gasteiger charge is -2.31. The molecule has 0 fully saturated rings. The van der Waals surface area contributed by atoms with Crippen molar-refractivity contribution in [3.05, 3.63) is 77.0 Å². The second kappa shape index (κ2) is 8.45. The van der Waals surface area contributed by atoms with Crippen LogP contribution in [0.1, 0.15) is 56.9 Å². The van der Waals surface area contributed by atoms with Crippen LogP contribution in [0.5, 0.6) is 11.5 Å². The lowest BCUT2D eigenvalue weighted by Crippen LogP contribution is -2.34. The Hall–Kier alpha value is -3.60. The number of benzene rings is 4. The molecule has 1 aliphatic heterocycles. The molecule has 5 heteroatoms. The van der Waals surface area contributed by atoms with Crippen molar-refractivity contribution in [1.29, 1.82) is 0 Å². The Morgan fingerprint density at radius 3 is 2.17 bits per heavy atom. The summed E-state index contributed by atoms with van der Waals surface area (Å²) in [7, 11) is 2.07. The topological polar surface area (TPSA) is 13.1 Å². The third kappa shape index (κ3) is 3.88.